The van der Waals surface area contributed by atoms with Gasteiger partial charge in [0.1, 0.15) is 0 Å². The van der Waals surface area contributed by atoms with Gasteiger partial charge in [0.2, 0.25) is 5.91 Å². The van der Waals surface area contributed by atoms with E-state index in [1.165, 1.54) is 0 Å². The number of hydrogen-bond acceptors (Lipinski definition) is 4. The highest BCUT2D eigenvalue weighted by Gasteiger charge is 2.29. The number of piperidine rings is 1. The molecule has 1 amide bonds. The van der Waals surface area contributed by atoms with E-state index in [9.17, 15) is 10.1 Å². The summed E-state index contributed by atoms with van der Waals surface area (Å²) in [5.74, 6) is 0.316. The van der Waals surface area contributed by atoms with Crippen molar-refractivity contribution in [1.29, 1.82) is 5.26 Å². The molecule has 1 aliphatic rings. The predicted octanol–water partition coefficient (Wildman–Crippen LogP) is 3.14. The van der Waals surface area contributed by atoms with Crippen molar-refractivity contribution in [3.8, 4) is 6.07 Å². The Hall–Kier alpha value is -2.87. The van der Waals surface area contributed by atoms with Crippen molar-refractivity contribution in [3.05, 3.63) is 59.9 Å². The highest BCUT2D eigenvalue weighted by Crippen LogP contribution is 2.32. The summed E-state index contributed by atoms with van der Waals surface area (Å²) in [5, 5.41) is 9.57. The minimum atomic E-state index is -0.145. The minimum Gasteiger partial charge on any atom is -0.399 e. The summed E-state index contributed by atoms with van der Waals surface area (Å²) in [7, 11) is 0. The lowest BCUT2D eigenvalue weighted by molar-refractivity contribution is -0.132. The fourth-order valence-corrected chi connectivity index (χ4v) is 3.65. The fourth-order valence-electron chi connectivity index (χ4n) is 3.65. The number of nitriles is 1. The second kappa shape index (κ2) is 8.48. The van der Waals surface area contributed by atoms with E-state index < -0.39 is 0 Å². The van der Waals surface area contributed by atoms with Crippen LogP contribution in [0.1, 0.15) is 36.3 Å². The molecular weight excluding hydrogens is 324 g/mol. The van der Waals surface area contributed by atoms with Crippen LogP contribution in [0.2, 0.25) is 0 Å². The molecule has 0 bridgehead atoms. The average molecular weight is 348 g/mol. The van der Waals surface area contributed by atoms with Gasteiger partial charge >= 0.3 is 0 Å². The fraction of sp³-hybridized carbons (Fsp3) is 0.381. The van der Waals surface area contributed by atoms with E-state index in [-0.39, 0.29) is 17.7 Å². The molecule has 2 heterocycles. The summed E-state index contributed by atoms with van der Waals surface area (Å²) in [6.07, 6.45) is 6.42. The maximum atomic E-state index is 12.5. The molecule has 1 aliphatic heterocycles. The minimum absolute atomic E-state index is 0.145. The number of nitrogens with zero attached hydrogens (tertiary/aromatic N) is 3. The molecule has 1 unspecified atom stereocenters. The molecular formula is C21H24N4O. The van der Waals surface area contributed by atoms with Crippen LogP contribution < -0.4 is 5.73 Å². The number of benzene rings is 1. The average Bonchev–Trinajstić information content (AvgIpc) is 2.68. The van der Waals surface area contributed by atoms with Crippen molar-refractivity contribution in [1.82, 2.24) is 9.88 Å². The first-order valence-electron chi connectivity index (χ1n) is 9.09. The molecule has 2 N–H and O–H groups in total. The SMILES string of the molecule is N#CC(c1cccnc1)C1CCN(C(=O)CCc2cccc(N)c2)CC1. The van der Waals surface area contributed by atoms with E-state index in [0.717, 1.165) is 42.7 Å². The van der Waals surface area contributed by atoms with E-state index in [0.29, 0.717) is 12.8 Å². The molecule has 0 aliphatic carbocycles. The van der Waals surface area contributed by atoms with E-state index in [1.807, 2.05) is 41.3 Å². The first kappa shape index (κ1) is 17.9. The topological polar surface area (TPSA) is 83.0 Å². The summed E-state index contributed by atoms with van der Waals surface area (Å²) in [4.78, 5) is 18.5. The van der Waals surface area contributed by atoms with E-state index in [2.05, 4.69) is 11.1 Å². The van der Waals surface area contributed by atoms with Crippen LogP contribution in [-0.2, 0) is 11.2 Å². The number of aromatic nitrogens is 1. The van der Waals surface area contributed by atoms with Gasteiger partial charge in [-0.3, -0.25) is 9.78 Å². The zero-order valence-electron chi connectivity index (χ0n) is 14.8. The number of hydrogen-bond donors (Lipinski definition) is 1. The maximum Gasteiger partial charge on any atom is 0.222 e. The lowest BCUT2D eigenvalue weighted by atomic mass is 9.81. The van der Waals surface area contributed by atoms with Crippen molar-refractivity contribution >= 4 is 11.6 Å². The molecule has 5 nitrogen and oxygen atoms in total. The first-order chi connectivity index (χ1) is 12.7. The number of carbonyl (C=O) groups is 1. The zero-order chi connectivity index (χ0) is 18.4. The molecule has 1 aromatic heterocycles. The maximum absolute atomic E-state index is 12.5. The van der Waals surface area contributed by atoms with Gasteiger partial charge in [0, 0.05) is 37.6 Å². The highest BCUT2D eigenvalue weighted by atomic mass is 16.2. The Morgan fingerprint density at radius 1 is 1.31 bits per heavy atom. The molecule has 1 atom stereocenters. The molecule has 1 saturated heterocycles. The Balaban J connectivity index is 1.51. The Morgan fingerprint density at radius 3 is 2.77 bits per heavy atom. The van der Waals surface area contributed by atoms with E-state index in [4.69, 9.17) is 5.73 Å². The molecule has 2 aromatic rings. The van der Waals surface area contributed by atoms with Gasteiger partial charge in [0.25, 0.3) is 0 Å². The second-order valence-corrected chi connectivity index (χ2v) is 6.86. The number of anilines is 1. The van der Waals surface area contributed by atoms with Crippen molar-refractivity contribution in [3.63, 3.8) is 0 Å². The number of pyridine rings is 1. The number of amides is 1. The summed E-state index contributed by atoms with van der Waals surface area (Å²) >= 11 is 0. The van der Waals surface area contributed by atoms with Crippen LogP contribution in [0.25, 0.3) is 0 Å². The number of likely N-dealkylation sites (tertiary alicyclic amines) is 1. The van der Waals surface area contributed by atoms with Gasteiger partial charge in [-0.05, 0) is 54.5 Å². The van der Waals surface area contributed by atoms with Crippen molar-refractivity contribution in [2.24, 2.45) is 5.92 Å². The largest absolute Gasteiger partial charge is 0.399 e. The van der Waals surface area contributed by atoms with Gasteiger partial charge in [0.05, 0.1) is 12.0 Å². The van der Waals surface area contributed by atoms with Crippen LogP contribution in [0.4, 0.5) is 5.69 Å². The molecule has 0 saturated carbocycles. The Labute approximate surface area is 154 Å². The van der Waals surface area contributed by atoms with Crippen LogP contribution in [-0.4, -0.2) is 28.9 Å². The molecule has 5 heteroatoms. The molecule has 1 aromatic carbocycles. The number of aryl methyl sites for hydroxylation is 1. The standard InChI is InChI=1S/C21H24N4O/c22-14-20(18-4-2-10-24-15-18)17-8-11-25(12-9-17)21(26)7-6-16-3-1-5-19(23)13-16/h1-5,10,13,15,17,20H,6-9,11-12,23H2. The van der Waals surface area contributed by atoms with Crippen LogP contribution in [0.5, 0.6) is 0 Å². The van der Waals surface area contributed by atoms with Crippen molar-refractivity contribution in [2.45, 2.75) is 31.6 Å². The Bertz CT molecular complexity index is 776. The van der Waals surface area contributed by atoms with E-state index >= 15 is 0 Å². The monoisotopic (exact) mass is 348 g/mol. The predicted molar refractivity (Wildman–Crippen MR) is 101 cm³/mol. The second-order valence-electron chi connectivity index (χ2n) is 6.86. The van der Waals surface area contributed by atoms with Gasteiger partial charge in [-0.25, -0.2) is 0 Å². The quantitative estimate of drug-likeness (QED) is 0.842. The summed E-state index contributed by atoms with van der Waals surface area (Å²) in [6.45, 7) is 1.44. The third-order valence-corrected chi connectivity index (χ3v) is 5.12. The highest BCUT2D eigenvalue weighted by molar-refractivity contribution is 5.76. The first-order valence-corrected chi connectivity index (χ1v) is 9.09. The number of nitrogen functional groups attached to an aromatic ring is 1. The number of nitrogens with two attached hydrogens (primary N) is 1. The summed E-state index contributed by atoms with van der Waals surface area (Å²) in [6, 6.07) is 14.0. The molecule has 1 fully saturated rings. The molecule has 134 valence electrons. The summed E-state index contributed by atoms with van der Waals surface area (Å²) < 4.78 is 0. The van der Waals surface area contributed by atoms with Gasteiger partial charge in [-0.2, -0.15) is 5.26 Å². The van der Waals surface area contributed by atoms with Crippen molar-refractivity contribution < 1.29 is 4.79 Å². The third kappa shape index (κ3) is 4.40. The van der Waals surface area contributed by atoms with Crippen LogP contribution in [0.3, 0.4) is 0 Å². The van der Waals surface area contributed by atoms with Crippen LogP contribution in [0, 0.1) is 17.2 Å². The number of carbonyl (C=O) groups excluding carboxylic acids is 1. The van der Waals surface area contributed by atoms with Gasteiger partial charge < -0.3 is 10.6 Å². The molecule has 0 radical (unpaired) electrons. The van der Waals surface area contributed by atoms with Gasteiger partial charge in [-0.15, -0.1) is 0 Å². The van der Waals surface area contributed by atoms with Crippen LogP contribution >= 0.6 is 0 Å². The van der Waals surface area contributed by atoms with Gasteiger partial charge in [0.15, 0.2) is 0 Å². The molecule has 26 heavy (non-hydrogen) atoms. The lowest BCUT2D eigenvalue weighted by Gasteiger charge is -2.34. The van der Waals surface area contributed by atoms with Crippen LogP contribution in [0.15, 0.2) is 48.8 Å². The Kier molecular flexibility index (Phi) is 5.85. The normalized spacial score (nSPS) is 16.0. The molecule has 0 spiro atoms. The van der Waals surface area contributed by atoms with Gasteiger partial charge in [-0.1, -0.05) is 18.2 Å². The summed E-state index contributed by atoms with van der Waals surface area (Å²) in [5.41, 5.74) is 8.58. The molecule has 3 rings (SSSR count). The number of rotatable bonds is 5. The van der Waals surface area contributed by atoms with Crippen molar-refractivity contribution in [2.75, 3.05) is 18.8 Å². The lowest BCUT2D eigenvalue weighted by Crippen LogP contribution is -2.39. The Morgan fingerprint density at radius 2 is 2.12 bits per heavy atom. The zero-order valence-corrected chi connectivity index (χ0v) is 14.8. The third-order valence-electron chi connectivity index (χ3n) is 5.12. The smallest absolute Gasteiger partial charge is 0.222 e. The van der Waals surface area contributed by atoms with E-state index in [1.54, 1.807) is 12.4 Å².